The summed E-state index contributed by atoms with van der Waals surface area (Å²) in [5, 5.41) is 13.0. The Kier molecular flexibility index (Phi) is 4.34. The molecule has 1 aromatic rings. The van der Waals surface area contributed by atoms with Crippen LogP contribution in [-0.4, -0.2) is 29.8 Å². The largest absolute Gasteiger partial charge is 0.506 e. The van der Waals surface area contributed by atoms with Crippen LogP contribution >= 0.6 is 0 Å². The number of hydrogen-bond acceptors (Lipinski definition) is 4. The molecule has 4 heteroatoms. The number of aromatic hydroxyl groups is 1. The van der Waals surface area contributed by atoms with Crippen molar-refractivity contribution >= 4 is 0 Å². The van der Waals surface area contributed by atoms with E-state index in [2.05, 4.69) is 10.3 Å². The van der Waals surface area contributed by atoms with E-state index in [0.29, 0.717) is 12.5 Å². The fourth-order valence-corrected chi connectivity index (χ4v) is 2.10. The molecule has 0 spiro atoms. The van der Waals surface area contributed by atoms with Crippen molar-refractivity contribution in [3.05, 3.63) is 23.5 Å². The fraction of sp³-hybridized carbons (Fsp3) is 0.615. The highest BCUT2D eigenvalue weighted by Crippen LogP contribution is 2.15. The van der Waals surface area contributed by atoms with E-state index in [9.17, 15) is 5.11 Å². The first-order chi connectivity index (χ1) is 8.25. The molecule has 0 bridgehead atoms. The highest BCUT2D eigenvalue weighted by Gasteiger charge is 2.13. The standard InChI is InChI=1S/C13H20N2O2/c1-10-4-5-13(16)12(15-10)8-14-7-11-3-2-6-17-9-11/h4-5,11,14,16H,2-3,6-9H2,1H3. The van der Waals surface area contributed by atoms with Crippen LogP contribution in [0.1, 0.15) is 24.2 Å². The third-order valence-electron chi connectivity index (χ3n) is 3.07. The van der Waals surface area contributed by atoms with Gasteiger partial charge in [0.15, 0.2) is 0 Å². The van der Waals surface area contributed by atoms with Gasteiger partial charge in [0, 0.05) is 25.4 Å². The second-order valence-corrected chi connectivity index (χ2v) is 4.63. The minimum atomic E-state index is 0.267. The first kappa shape index (κ1) is 12.3. The van der Waals surface area contributed by atoms with E-state index in [1.165, 1.54) is 6.42 Å². The van der Waals surface area contributed by atoms with Gasteiger partial charge in [0.1, 0.15) is 5.75 Å². The van der Waals surface area contributed by atoms with Crippen molar-refractivity contribution in [3.63, 3.8) is 0 Å². The molecule has 1 aliphatic rings. The predicted molar refractivity (Wildman–Crippen MR) is 65.9 cm³/mol. The van der Waals surface area contributed by atoms with Gasteiger partial charge in [-0.05, 0) is 37.8 Å². The molecule has 0 aromatic carbocycles. The van der Waals surface area contributed by atoms with Crippen LogP contribution in [0.15, 0.2) is 12.1 Å². The quantitative estimate of drug-likeness (QED) is 0.834. The van der Waals surface area contributed by atoms with Gasteiger partial charge in [0.2, 0.25) is 0 Å². The van der Waals surface area contributed by atoms with Crippen LogP contribution in [0.5, 0.6) is 5.75 Å². The Morgan fingerprint density at radius 2 is 2.41 bits per heavy atom. The summed E-state index contributed by atoms with van der Waals surface area (Å²) in [6.45, 7) is 5.22. The summed E-state index contributed by atoms with van der Waals surface area (Å²) in [5.74, 6) is 0.860. The molecule has 0 aliphatic carbocycles. The first-order valence-electron chi connectivity index (χ1n) is 6.19. The Bertz CT molecular complexity index is 362. The third kappa shape index (κ3) is 3.68. The molecule has 0 radical (unpaired) electrons. The lowest BCUT2D eigenvalue weighted by molar-refractivity contribution is 0.0547. The van der Waals surface area contributed by atoms with E-state index < -0.39 is 0 Å². The van der Waals surface area contributed by atoms with Crippen molar-refractivity contribution in [2.75, 3.05) is 19.8 Å². The smallest absolute Gasteiger partial charge is 0.138 e. The van der Waals surface area contributed by atoms with Gasteiger partial charge in [0.25, 0.3) is 0 Å². The van der Waals surface area contributed by atoms with Gasteiger partial charge in [0.05, 0.1) is 12.3 Å². The van der Waals surface area contributed by atoms with E-state index in [1.54, 1.807) is 6.07 Å². The Morgan fingerprint density at radius 1 is 1.53 bits per heavy atom. The molecular formula is C13H20N2O2. The molecule has 0 amide bonds. The highest BCUT2D eigenvalue weighted by atomic mass is 16.5. The average molecular weight is 236 g/mol. The molecule has 1 aliphatic heterocycles. The van der Waals surface area contributed by atoms with E-state index in [0.717, 1.165) is 37.6 Å². The predicted octanol–water partition coefficient (Wildman–Crippen LogP) is 1.61. The second kappa shape index (κ2) is 5.98. The van der Waals surface area contributed by atoms with Gasteiger partial charge in [-0.1, -0.05) is 0 Å². The van der Waals surface area contributed by atoms with Crippen molar-refractivity contribution in [2.45, 2.75) is 26.3 Å². The molecule has 1 fully saturated rings. The summed E-state index contributed by atoms with van der Waals surface area (Å²) < 4.78 is 5.42. The lowest BCUT2D eigenvalue weighted by Crippen LogP contribution is -2.29. The number of rotatable bonds is 4. The summed E-state index contributed by atoms with van der Waals surface area (Å²) in [4.78, 5) is 4.31. The topological polar surface area (TPSA) is 54.4 Å². The van der Waals surface area contributed by atoms with E-state index in [-0.39, 0.29) is 5.75 Å². The number of nitrogens with zero attached hydrogens (tertiary/aromatic N) is 1. The minimum absolute atomic E-state index is 0.267. The van der Waals surface area contributed by atoms with E-state index >= 15 is 0 Å². The minimum Gasteiger partial charge on any atom is -0.506 e. The molecule has 17 heavy (non-hydrogen) atoms. The molecular weight excluding hydrogens is 216 g/mol. The maximum Gasteiger partial charge on any atom is 0.138 e. The number of pyridine rings is 1. The molecule has 4 nitrogen and oxygen atoms in total. The van der Waals surface area contributed by atoms with Crippen molar-refractivity contribution in [1.29, 1.82) is 0 Å². The molecule has 1 unspecified atom stereocenters. The second-order valence-electron chi connectivity index (χ2n) is 4.63. The Balaban J connectivity index is 1.79. The van der Waals surface area contributed by atoms with Crippen LogP contribution in [0.3, 0.4) is 0 Å². The highest BCUT2D eigenvalue weighted by molar-refractivity contribution is 5.27. The van der Waals surface area contributed by atoms with Crippen LogP contribution < -0.4 is 5.32 Å². The number of aromatic nitrogens is 1. The van der Waals surface area contributed by atoms with Gasteiger partial charge < -0.3 is 15.2 Å². The normalized spacial score (nSPS) is 20.4. The van der Waals surface area contributed by atoms with E-state index in [4.69, 9.17) is 4.74 Å². The summed E-state index contributed by atoms with van der Waals surface area (Å²) in [7, 11) is 0. The summed E-state index contributed by atoms with van der Waals surface area (Å²) in [5.41, 5.74) is 1.65. The first-order valence-corrected chi connectivity index (χ1v) is 6.19. The summed E-state index contributed by atoms with van der Waals surface area (Å²) in [6.07, 6.45) is 2.38. The number of aryl methyl sites for hydroxylation is 1. The Morgan fingerprint density at radius 3 is 3.18 bits per heavy atom. The molecule has 0 saturated carbocycles. The zero-order chi connectivity index (χ0) is 12.1. The third-order valence-corrected chi connectivity index (χ3v) is 3.07. The van der Waals surface area contributed by atoms with Crippen LogP contribution in [0.2, 0.25) is 0 Å². The molecule has 94 valence electrons. The molecule has 1 aromatic heterocycles. The van der Waals surface area contributed by atoms with E-state index in [1.807, 2.05) is 13.0 Å². The lowest BCUT2D eigenvalue weighted by atomic mass is 10.0. The van der Waals surface area contributed by atoms with Crippen LogP contribution in [0, 0.1) is 12.8 Å². The maximum absolute atomic E-state index is 9.64. The maximum atomic E-state index is 9.64. The van der Waals surface area contributed by atoms with Gasteiger partial charge in [-0.2, -0.15) is 0 Å². The number of nitrogens with one attached hydrogen (secondary N) is 1. The zero-order valence-electron chi connectivity index (χ0n) is 10.3. The van der Waals surface area contributed by atoms with Crippen LogP contribution in [-0.2, 0) is 11.3 Å². The molecule has 2 N–H and O–H groups in total. The van der Waals surface area contributed by atoms with Crippen LogP contribution in [0.4, 0.5) is 0 Å². The van der Waals surface area contributed by atoms with Gasteiger partial charge in [-0.15, -0.1) is 0 Å². The molecule has 1 saturated heterocycles. The van der Waals surface area contributed by atoms with Gasteiger partial charge in [-0.25, -0.2) is 0 Å². The average Bonchev–Trinajstić information content (AvgIpc) is 2.35. The van der Waals surface area contributed by atoms with Crippen molar-refractivity contribution in [1.82, 2.24) is 10.3 Å². The molecule has 2 rings (SSSR count). The Hall–Kier alpha value is -1.13. The SMILES string of the molecule is Cc1ccc(O)c(CNCC2CCCOC2)n1. The van der Waals surface area contributed by atoms with Crippen LogP contribution in [0.25, 0.3) is 0 Å². The fourth-order valence-electron chi connectivity index (χ4n) is 2.10. The lowest BCUT2D eigenvalue weighted by Gasteiger charge is -2.22. The number of ether oxygens (including phenoxy) is 1. The number of hydrogen-bond donors (Lipinski definition) is 2. The zero-order valence-corrected chi connectivity index (χ0v) is 10.3. The van der Waals surface area contributed by atoms with Gasteiger partial charge >= 0.3 is 0 Å². The van der Waals surface area contributed by atoms with Gasteiger partial charge in [-0.3, -0.25) is 4.98 Å². The Labute approximate surface area is 102 Å². The monoisotopic (exact) mass is 236 g/mol. The van der Waals surface area contributed by atoms with Crippen molar-refractivity contribution < 1.29 is 9.84 Å². The molecule has 2 heterocycles. The van der Waals surface area contributed by atoms with Crippen molar-refractivity contribution in [3.8, 4) is 5.75 Å². The van der Waals surface area contributed by atoms with Crippen molar-refractivity contribution in [2.24, 2.45) is 5.92 Å². The summed E-state index contributed by atoms with van der Waals surface area (Å²) >= 11 is 0. The molecule has 1 atom stereocenters. The summed E-state index contributed by atoms with van der Waals surface area (Å²) in [6, 6.07) is 3.51.